The number of hydrogen-bond donors (Lipinski definition) is 2. The topological polar surface area (TPSA) is 41.3 Å². The Morgan fingerprint density at radius 3 is 2.41 bits per heavy atom. The third-order valence-corrected chi connectivity index (χ3v) is 3.83. The normalized spacial score (nSPS) is 24.6. The van der Waals surface area contributed by atoms with E-state index in [0.717, 1.165) is 24.8 Å². The number of rotatable bonds is 4. The molecule has 0 atom stereocenters. The van der Waals surface area contributed by atoms with Crippen LogP contribution in [0.15, 0.2) is 24.3 Å². The summed E-state index contributed by atoms with van der Waals surface area (Å²) in [6.07, 6.45) is 2.68. The molecule has 3 heteroatoms. The third-order valence-electron chi connectivity index (χ3n) is 3.83. The van der Waals surface area contributed by atoms with Crippen molar-refractivity contribution in [1.82, 2.24) is 0 Å². The van der Waals surface area contributed by atoms with Crippen LogP contribution in [0.1, 0.15) is 18.4 Å². The molecule has 4 N–H and O–H groups in total. The molecule has 0 aliphatic carbocycles. The largest absolute Gasteiger partial charge is 0.497 e. The third kappa shape index (κ3) is 3.45. The Kier molecular flexibility index (Phi) is 4.40. The van der Waals surface area contributed by atoms with Gasteiger partial charge in [0.05, 0.1) is 26.7 Å². The molecule has 0 amide bonds. The number of ether oxygens (including phenoxy) is 1. The highest BCUT2D eigenvalue weighted by atomic mass is 16.5. The maximum atomic E-state index is 5.17. The molecule has 1 heterocycles. The van der Waals surface area contributed by atoms with Gasteiger partial charge >= 0.3 is 0 Å². The maximum Gasteiger partial charge on any atom is 0.118 e. The van der Waals surface area contributed by atoms with Gasteiger partial charge in [-0.05, 0) is 24.3 Å². The fourth-order valence-corrected chi connectivity index (χ4v) is 2.58. The van der Waals surface area contributed by atoms with Crippen molar-refractivity contribution >= 4 is 0 Å². The maximum absolute atomic E-state index is 5.17. The van der Waals surface area contributed by atoms with E-state index < -0.39 is 0 Å². The summed E-state index contributed by atoms with van der Waals surface area (Å²) in [5, 5.41) is 0. The minimum absolute atomic E-state index is 0.870. The summed E-state index contributed by atoms with van der Waals surface area (Å²) in [6, 6.07) is 8.47. The van der Waals surface area contributed by atoms with Crippen LogP contribution in [0.5, 0.6) is 5.75 Å². The molecule has 2 rings (SSSR count). The quantitative estimate of drug-likeness (QED) is 0.742. The van der Waals surface area contributed by atoms with Gasteiger partial charge in [-0.3, -0.25) is 0 Å². The van der Waals surface area contributed by atoms with Gasteiger partial charge in [-0.25, -0.2) is 0 Å². The molecule has 94 valence electrons. The van der Waals surface area contributed by atoms with Crippen LogP contribution in [0.4, 0.5) is 0 Å². The summed E-state index contributed by atoms with van der Waals surface area (Å²) < 4.78 is 5.17. The fourth-order valence-electron chi connectivity index (χ4n) is 2.58. The molecule has 1 aromatic rings. The van der Waals surface area contributed by atoms with Crippen molar-refractivity contribution in [3.05, 3.63) is 29.8 Å². The second-order valence-electron chi connectivity index (χ2n) is 5.01. The van der Waals surface area contributed by atoms with E-state index in [2.05, 4.69) is 30.0 Å². The van der Waals surface area contributed by atoms with Crippen LogP contribution in [0.25, 0.3) is 0 Å². The first-order chi connectivity index (χ1) is 8.31. The number of quaternary nitrogens is 2. The summed E-state index contributed by atoms with van der Waals surface area (Å²) in [5.41, 5.74) is 5.43. The van der Waals surface area contributed by atoms with E-state index in [1.807, 2.05) is 0 Å². The van der Waals surface area contributed by atoms with Gasteiger partial charge in [0.25, 0.3) is 0 Å². The molecule has 1 saturated heterocycles. The van der Waals surface area contributed by atoms with Crippen LogP contribution in [0.2, 0.25) is 0 Å². The van der Waals surface area contributed by atoms with Gasteiger partial charge < -0.3 is 15.4 Å². The van der Waals surface area contributed by atoms with Crippen molar-refractivity contribution < 1.29 is 15.4 Å². The van der Waals surface area contributed by atoms with Gasteiger partial charge in [0.2, 0.25) is 0 Å². The molecule has 0 radical (unpaired) electrons. The lowest BCUT2D eigenvalue weighted by molar-refractivity contribution is -0.920. The number of methoxy groups -OCH3 is 1. The highest BCUT2D eigenvalue weighted by Gasteiger charge is 2.22. The van der Waals surface area contributed by atoms with E-state index >= 15 is 0 Å². The number of benzene rings is 1. The Bertz CT molecular complexity index is 329. The van der Waals surface area contributed by atoms with Gasteiger partial charge in [0, 0.05) is 24.3 Å². The first-order valence-electron chi connectivity index (χ1n) is 6.57. The van der Waals surface area contributed by atoms with Crippen LogP contribution in [-0.4, -0.2) is 26.7 Å². The summed E-state index contributed by atoms with van der Waals surface area (Å²) in [5.74, 6) is 1.81. The molecule has 0 unspecified atom stereocenters. The smallest absolute Gasteiger partial charge is 0.118 e. The minimum atomic E-state index is 0.870. The summed E-state index contributed by atoms with van der Waals surface area (Å²) >= 11 is 0. The van der Waals surface area contributed by atoms with Crippen LogP contribution >= 0.6 is 0 Å². The van der Waals surface area contributed by atoms with E-state index in [1.54, 1.807) is 12.0 Å². The number of likely N-dealkylation sites (tertiary alicyclic amines) is 1. The molecular weight excluding hydrogens is 212 g/mol. The van der Waals surface area contributed by atoms with Gasteiger partial charge in [0.15, 0.2) is 0 Å². The molecule has 0 spiro atoms. The van der Waals surface area contributed by atoms with Crippen LogP contribution in [0.3, 0.4) is 0 Å². The van der Waals surface area contributed by atoms with Crippen LogP contribution in [-0.2, 0) is 6.54 Å². The Hall–Kier alpha value is -1.06. The molecule has 1 aromatic carbocycles. The standard InChI is InChI=1S/C14H22N2O/c1-17-14-4-2-13(3-5-14)11-16-8-6-12(10-15)7-9-16/h2-5,12H,6-11,15H2,1H3/p+2. The van der Waals surface area contributed by atoms with E-state index in [1.165, 1.54) is 31.5 Å². The van der Waals surface area contributed by atoms with Crippen molar-refractivity contribution in [2.45, 2.75) is 19.4 Å². The number of hydrogen-bond acceptors (Lipinski definition) is 1. The lowest BCUT2D eigenvalue weighted by atomic mass is 9.97. The molecule has 0 saturated carbocycles. The average Bonchev–Trinajstić information content (AvgIpc) is 2.40. The number of nitrogens with one attached hydrogen (secondary N) is 1. The highest BCUT2D eigenvalue weighted by Crippen LogP contribution is 2.11. The molecular formula is C14H24N2O+2. The monoisotopic (exact) mass is 236 g/mol. The van der Waals surface area contributed by atoms with Crippen LogP contribution in [0, 0.1) is 5.92 Å². The van der Waals surface area contributed by atoms with E-state index in [0.29, 0.717) is 0 Å². The predicted molar refractivity (Wildman–Crippen MR) is 67.9 cm³/mol. The van der Waals surface area contributed by atoms with Crippen LogP contribution < -0.4 is 15.4 Å². The molecule has 1 fully saturated rings. The zero-order valence-corrected chi connectivity index (χ0v) is 10.7. The molecule has 3 nitrogen and oxygen atoms in total. The lowest BCUT2D eigenvalue weighted by Gasteiger charge is -2.27. The number of piperidine rings is 1. The zero-order chi connectivity index (χ0) is 12.1. The predicted octanol–water partition coefficient (Wildman–Crippen LogP) is -0.268. The first-order valence-corrected chi connectivity index (χ1v) is 6.57. The molecule has 0 bridgehead atoms. The molecule has 0 aromatic heterocycles. The van der Waals surface area contributed by atoms with E-state index in [9.17, 15) is 0 Å². The minimum Gasteiger partial charge on any atom is -0.497 e. The zero-order valence-electron chi connectivity index (χ0n) is 10.7. The summed E-state index contributed by atoms with van der Waals surface area (Å²) in [6.45, 7) is 4.85. The van der Waals surface area contributed by atoms with Crippen molar-refractivity contribution in [2.24, 2.45) is 5.92 Å². The Balaban J connectivity index is 1.84. The lowest BCUT2D eigenvalue weighted by Crippen LogP contribution is -3.11. The van der Waals surface area contributed by atoms with Crippen molar-refractivity contribution in [2.75, 3.05) is 26.7 Å². The van der Waals surface area contributed by atoms with Gasteiger partial charge in [-0.15, -0.1) is 0 Å². The van der Waals surface area contributed by atoms with Gasteiger partial charge in [-0.2, -0.15) is 0 Å². The van der Waals surface area contributed by atoms with Gasteiger partial charge in [0.1, 0.15) is 12.3 Å². The second-order valence-corrected chi connectivity index (χ2v) is 5.01. The fraction of sp³-hybridized carbons (Fsp3) is 0.571. The molecule has 1 aliphatic heterocycles. The Labute approximate surface area is 104 Å². The molecule has 17 heavy (non-hydrogen) atoms. The first kappa shape index (κ1) is 12.4. The van der Waals surface area contributed by atoms with Crippen molar-refractivity contribution in [3.8, 4) is 5.75 Å². The van der Waals surface area contributed by atoms with E-state index in [-0.39, 0.29) is 0 Å². The Morgan fingerprint density at radius 1 is 1.24 bits per heavy atom. The van der Waals surface area contributed by atoms with E-state index in [4.69, 9.17) is 4.74 Å². The summed E-state index contributed by atoms with van der Waals surface area (Å²) in [4.78, 5) is 1.71. The van der Waals surface area contributed by atoms with Gasteiger partial charge in [-0.1, -0.05) is 0 Å². The highest BCUT2D eigenvalue weighted by molar-refractivity contribution is 5.26. The summed E-state index contributed by atoms with van der Waals surface area (Å²) in [7, 11) is 1.71. The average molecular weight is 236 g/mol. The second kappa shape index (κ2) is 6.03. The van der Waals surface area contributed by atoms with Crippen molar-refractivity contribution in [3.63, 3.8) is 0 Å². The molecule has 1 aliphatic rings. The van der Waals surface area contributed by atoms with Crippen molar-refractivity contribution in [1.29, 1.82) is 0 Å². The SMILES string of the molecule is COc1ccc(C[NH+]2CCC(C[NH3+])CC2)cc1. The Morgan fingerprint density at radius 2 is 1.88 bits per heavy atom.